The molecule has 4 nitrogen and oxygen atoms in total. The smallest absolute Gasteiger partial charge is 0.308 e. The summed E-state index contributed by atoms with van der Waals surface area (Å²) in [5.41, 5.74) is 2.03. The highest BCUT2D eigenvalue weighted by Crippen LogP contribution is 2.07. The zero-order valence-corrected chi connectivity index (χ0v) is 9.33. The van der Waals surface area contributed by atoms with Gasteiger partial charge in [-0.2, -0.15) is 0 Å². The molecule has 3 amide bonds. The number of carbonyl (C=O) groups is 2. The summed E-state index contributed by atoms with van der Waals surface area (Å²) < 4.78 is 0. The highest BCUT2D eigenvalue weighted by molar-refractivity contribution is 6.07. The fraction of sp³-hybridized carbons (Fsp3) is 0.167. The van der Waals surface area contributed by atoms with Gasteiger partial charge in [0.25, 0.3) is 5.91 Å². The van der Waals surface area contributed by atoms with Crippen LogP contribution in [0.1, 0.15) is 12.5 Å². The Hall–Kier alpha value is -2.10. The number of hydrogen-bond acceptors (Lipinski definition) is 2. The van der Waals surface area contributed by atoms with Crippen molar-refractivity contribution in [1.29, 1.82) is 0 Å². The molecule has 0 atom stereocenters. The van der Waals surface area contributed by atoms with Gasteiger partial charge in [-0.3, -0.25) is 10.1 Å². The third kappa shape index (κ3) is 3.57. The fourth-order valence-corrected chi connectivity index (χ4v) is 1.01. The highest BCUT2D eigenvalue weighted by atomic mass is 16.2. The minimum absolute atomic E-state index is 0.291. The van der Waals surface area contributed by atoms with E-state index in [1.165, 1.54) is 6.92 Å². The van der Waals surface area contributed by atoms with Gasteiger partial charge in [0, 0.05) is 11.3 Å². The first-order valence-corrected chi connectivity index (χ1v) is 4.83. The normalized spacial score (nSPS) is 9.38. The number of imide groups is 1. The van der Waals surface area contributed by atoms with Crippen molar-refractivity contribution in [3.63, 3.8) is 0 Å². The van der Waals surface area contributed by atoms with Gasteiger partial charge in [0.05, 0.1) is 0 Å². The number of aryl methyl sites for hydroxylation is 1. The van der Waals surface area contributed by atoms with Crippen LogP contribution >= 0.6 is 0 Å². The van der Waals surface area contributed by atoms with E-state index < -0.39 is 11.9 Å². The summed E-state index contributed by atoms with van der Waals surface area (Å²) in [6.45, 7) is 6.92. The molecule has 0 saturated carbocycles. The van der Waals surface area contributed by atoms with Crippen LogP contribution in [0.2, 0.25) is 0 Å². The van der Waals surface area contributed by atoms with Crippen molar-refractivity contribution < 1.29 is 9.59 Å². The third-order valence-electron chi connectivity index (χ3n) is 1.92. The molecule has 0 aliphatic carbocycles. The number of benzene rings is 1. The van der Waals surface area contributed by atoms with Gasteiger partial charge >= 0.3 is 6.03 Å². The Labute approximate surface area is 94.4 Å². The van der Waals surface area contributed by atoms with Crippen LogP contribution in [0, 0.1) is 6.92 Å². The SMILES string of the molecule is C=C(C)C(=O)NC(=O)Nc1ccc(C)cc1. The molecule has 84 valence electrons. The molecule has 1 rings (SSSR count). The molecule has 4 heteroatoms. The molecule has 0 aromatic heterocycles. The third-order valence-corrected chi connectivity index (χ3v) is 1.92. The molecule has 0 unspecified atom stereocenters. The van der Waals surface area contributed by atoms with Crippen molar-refractivity contribution in [2.45, 2.75) is 13.8 Å². The molecule has 0 bridgehead atoms. The monoisotopic (exact) mass is 218 g/mol. The topological polar surface area (TPSA) is 58.2 Å². The van der Waals surface area contributed by atoms with Gasteiger partial charge in [0.1, 0.15) is 0 Å². The lowest BCUT2D eigenvalue weighted by Crippen LogP contribution is -2.34. The standard InChI is InChI=1S/C12H14N2O2/c1-8(2)11(15)14-12(16)13-10-6-4-9(3)5-7-10/h4-7H,1H2,2-3H3,(H2,13,14,15,16). The highest BCUT2D eigenvalue weighted by Gasteiger charge is 2.07. The second-order valence-corrected chi connectivity index (χ2v) is 3.55. The second kappa shape index (κ2) is 5.11. The lowest BCUT2D eigenvalue weighted by Gasteiger charge is -2.06. The molecule has 1 aromatic rings. The molecule has 0 fully saturated rings. The van der Waals surface area contributed by atoms with E-state index >= 15 is 0 Å². The number of nitrogens with one attached hydrogen (secondary N) is 2. The first-order valence-electron chi connectivity index (χ1n) is 4.83. The molecule has 2 N–H and O–H groups in total. The zero-order valence-electron chi connectivity index (χ0n) is 9.33. The molecule has 0 radical (unpaired) electrons. The van der Waals surface area contributed by atoms with Crippen LogP contribution in [-0.2, 0) is 4.79 Å². The number of amides is 3. The number of urea groups is 1. The quantitative estimate of drug-likeness (QED) is 0.748. The molecule has 0 saturated heterocycles. The van der Waals surface area contributed by atoms with E-state index in [0.29, 0.717) is 11.3 Å². The second-order valence-electron chi connectivity index (χ2n) is 3.55. The summed E-state index contributed by atoms with van der Waals surface area (Å²) in [6, 6.07) is 6.71. The molecular formula is C12H14N2O2. The number of carbonyl (C=O) groups excluding carboxylic acids is 2. The summed E-state index contributed by atoms with van der Waals surface area (Å²) >= 11 is 0. The number of rotatable bonds is 2. The molecule has 0 aliphatic rings. The van der Waals surface area contributed by atoms with Gasteiger partial charge < -0.3 is 5.32 Å². The van der Waals surface area contributed by atoms with Crippen LogP contribution in [0.4, 0.5) is 10.5 Å². The van der Waals surface area contributed by atoms with E-state index in [9.17, 15) is 9.59 Å². The Kier molecular flexibility index (Phi) is 3.83. The molecular weight excluding hydrogens is 204 g/mol. The van der Waals surface area contributed by atoms with Gasteiger partial charge in [0.2, 0.25) is 0 Å². The Morgan fingerprint density at radius 2 is 1.75 bits per heavy atom. The maximum atomic E-state index is 11.3. The Morgan fingerprint density at radius 3 is 2.25 bits per heavy atom. The van der Waals surface area contributed by atoms with Gasteiger partial charge in [-0.25, -0.2) is 4.79 Å². The van der Waals surface area contributed by atoms with Gasteiger partial charge in [0.15, 0.2) is 0 Å². The number of hydrogen-bond donors (Lipinski definition) is 2. The van der Waals surface area contributed by atoms with E-state index in [-0.39, 0.29) is 0 Å². The minimum atomic E-state index is -0.558. The Morgan fingerprint density at radius 1 is 1.19 bits per heavy atom. The van der Waals surface area contributed by atoms with Crippen LogP contribution in [-0.4, -0.2) is 11.9 Å². The van der Waals surface area contributed by atoms with Crippen molar-refractivity contribution in [3.8, 4) is 0 Å². The van der Waals surface area contributed by atoms with Crippen molar-refractivity contribution in [2.24, 2.45) is 0 Å². The summed E-state index contributed by atoms with van der Waals surface area (Å²) in [7, 11) is 0. The maximum Gasteiger partial charge on any atom is 0.326 e. The van der Waals surface area contributed by atoms with Crippen LogP contribution in [0.15, 0.2) is 36.4 Å². The van der Waals surface area contributed by atoms with E-state index in [1.54, 1.807) is 12.1 Å². The molecule has 1 aromatic carbocycles. The van der Waals surface area contributed by atoms with Crippen molar-refractivity contribution >= 4 is 17.6 Å². The molecule has 0 spiro atoms. The van der Waals surface area contributed by atoms with Gasteiger partial charge in [-0.15, -0.1) is 0 Å². The van der Waals surface area contributed by atoms with Crippen molar-refractivity contribution in [1.82, 2.24) is 5.32 Å². The van der Waals surface area contributed by atoms with Crippen LogP contribution in [0.25, 0.3) is 0 Å². The molecule has 16 heavy (non-hydrogen) atoms. The fourth-order valence-electron chi connectivity index (χ4n) is 1.01. The van der Waals surface area contributed by atoms with E-state index in [4.69, 9.17) is 0 Å². The summed E-state index contributed by atoms with van der Waals surface area (Å²) in [5, 5.41) is 4.70. The number of anilines is 1. The summed E-state index contributed by atoms with van der Waals surface area (Å²) in [6.07, 6.45) is 0. The Bertz CT molecular complexity index is 421. The predicted octanol–water partition coefficient (Wildman–Crippen LogP) is 2.22. The van der Waals surface area contributed by atoms with Gasteiger partial charge in [-0.05, 0) is 26.0 Å². The summed E-state index contributed by atoms with van der Waals surface area (Å²) in [4.78, 5) is 22.5. The predicted molar refractivity (Wildman–Crippen MR) is 63.2 cm³/mol. The van der Waals surface area contributed by atoms with Gasteiger partial charge in [-0.1, -0.05) is 24.3 Å². The first kappa shape index (κ1) is 12.0. The average molecular weight is 218 g/mol. The van der Waals surface area contributed by atoms with Crippen molar-refractivity contribution in [2.75, 3.05) is 5.32 Å². The van der Waals surface area contributed by atoms with E-state index in [0.717, 1.165) is 5.56 Å². The lowest BCUT2D eigenvalue weighted by atomic mass is 10.2. The van der Waals surface area contributed by atoms with Crippen LogP contribution in [0.5, 0.6) is 0 Å². The maximum absolute atomic E-state index is 11.3. The largest absolute Gasteiger partial charge is 0.326 e. The molecule has 0 aliphatic heterocycles. The summed E-state index contributed by atoms with van der Waals surface area (Å²) in [5.74, 6) is -0.482. The lowest BCUT2D eigenvalue weighted by molar-refractivity contribution is -0.116. The minimum Gasteiger partial charge on any atom is -0.308 e. The first-order chi connectivity index (χ1) is 7.49. The average Bonchev–Trinajstić information content (AvgIpc) is 2.21. The van der Waals surface area contributed by atoms with Crippen molar-refractivity contribution in [3.05, 3.63) is 42.0 Å². The van der Waals surface area contributed by atoms with Crippen LogP contribution < -0.4 is 10.6 Å². The van der Waals surface area contributed by atoms with E-state index in [1.807, 2.05) is 19.1 Å². The van der Waals surface area contributed by atoms with Crippen LogP contribution in [0.3, 0.4) is 0 Å². The molecule has 0 heterocycles. The Balaban J connectivity index is 2.55. The van der Waals surface area contributed by atoms with E-state index in [2.05, 4.69) is 17.2 Å². The zero-order chi connectivity index (χ0) is 12.1.